The van der Waals surface area contributed by atoms with Gasteiger partial charge in [0.2, 0.25) is 0 Å². The monoisotopic (exact) mass is 403 g/mol. The number of aromatic nitrogens is 1. The second kappa shape index (κ2) is 8.08. The topological polar surface area (TPSA) is 80.4 Å². The van der Waals surface area contributed by atoms with Crippen molar-refractivity contribution < 1.29 is 10.2 Å². The van der Waals surface area contributed by atoms with Crippen LogP contribution in [0.25, 0.3) is 0 Å². The maximum atomic E-state index is 9.94. The van der Waals surface area contributed by atoms with Crippen LogP contribution in [-0.4, -0.2) is 26.6 Å². The molecule has 0 atom stereocenters. The van der Waals surface area contributed by atoms with Crippen molar-refractivity contribution in [1.82, 2.24) is 9.88 Å². The number of nitrogens with zero attached hydrogens (tertiary/aromatic N) is 3. The van der Waals surface area contributed by atoms with Gasteiger partial charge in [0.15, 0.2) is 11.5 Å². The van der Waals surface area contributed by atoms with E-state index in [0.29, 0.717) is 18.5 Å². The Morgan fingerprint density at radius 2 is 1.93 bits per heavy atom. The fourth-order valence-electron chi connectivity index (χ4n) is 3.24. The number of rotatable bonds is 5. The van der Waals surface area contributed by atoms with Crippen molar-refractivity contribution in [3.63, 3.8) is 0 Å². The van der Waals surface area contributed by atoms with E-state index in [0.717, 1.165) is 48.3 Å². The lowest BCUT2D eigenvalue weighted by molar-refractivity contribution is 0.308. The molecule has 140 valence electrons. The maximum absolute atomic E-state index is 9.94. The second-order valence-corrected chi connectivity index (χ2v) is 7.28. The Morgan fingerprint density at radius 1 is 1.22 bits per heavy atom. The van der Waals surface area contributed by atoms with E-state index >= 15 is 0 Å². The lowest BCUT2D eigenvalue weighted by Gasteiger charge is -2.33. The first-order valence-corrected chi connectivity index (χ1v) is 9.36. The summed E-state index contributed by atoms with van der Waals surface area (Å²) in [5, 5.41) is 28.9. The number of aryl methyl sites for hydroxylation is 1. The fourth-order valence-corrected chi connectivity index (χ4v) is 3.80. The molecule has 0 amide bonds. The fraction of sp³-hybridized carbons (Fsp3) is 0.300. The highest BCUT2D eigenvalue weighted by Crippen LogP contribution is 2.46. The summed E-state index contributed by atoms with van der Waals surface area (Å²) in [6.45, 7) is 5.40. The molecule has 0 fully saturated rings. The number of pyridine rings is 1. The number of aromatic hydroxyl groups is 2. The summed E-state index contributed by atoms with van der Waals surface area (Å²) in [5.74, 6) is -0.734. The van der Waals surface area contributed by atoms with Crippen LogP contribution in [0.3, 0.4) is 0 Å². The second-order valence-electron chi connectivity index (χ2n) is 6.52. The number of benzene rings is 1. The zero-order chi connectivity index (χ0) is 19.6. The Bertz CT molecular complexity index is 921. The molecule has 1 aliphatic rings. The molecule has 0 unspecified atom stereocenters. The van der Waals surface area contributed by atoms with E-state index in [1.54, 1.807) is 12.3 Å². The molecule has 2 aromatic rings. The van der Waals surface area contributed by atoms with Gasteiger partial charge in [0.1, 0.15) is 6.07 Å². The molecular weight excluding hydrogens is 385 g/mol. The van der Waals surface area contributed by atoms with Gasteiger partial charge in [-0.15, -0.1) is 0 Å². The summed E-state index contributed by atoms with van der Waals surface area (Å²) < 4.78 is 0. The van der Waals surface area contributed by atoms with Gasteiger partial charge in [-0.05, 0) is 48.9 Å². The first-order chi connectivity index (χ1) is 12.9. The predicted molar refractivity (Wildman–Crippen MR) is 105 cm³/mol. The number of hydrogen-bond acceptors (Lipinski definition) is 5. The van der Waals surface area contributed by atoms with Gasteiger partial charge in [0.25, 0.3) is 0 Å². The van der Waals surface area contributed by atoms with Gasteiger partial charge in [-0.1, -0.05) is 29.8 Å². The molecule has 3 rings (SSSR count). The molecule has 2 heterocycles. The summed E-state index contributed by atoms with van der Waals surface area (Å²) in [7, 11) is 0. The van der Waals surface area contributed by atoms with Crippen LogP contribution >= 0.6 is 23.2 Å². The van der Waals surface area contributed by atoms with Crippen LogP contribution in [0.15, 0.2) is 30.6 Å². The predicted octanol–water partition coefficient (Wildman–Crippen LogP) is 4.57. The summed E-state index contributed by atoms with van der Waals surface area (Å²) in [5.41, 5.74) is 4.00. The third-order valence-electron chi connectivity index (χ3n) is 4.81. The van der Waals surface area contributed by atoms with Crippen molar-refractivity contribution in [2.24, 2.45) is 0 Å². The Labute approximate surface area is 168 Å². The largest absolute Gasteiger partial charge is 0.503 e. The molecule has 0 saturated carbocycles. The third-order valence-corrected chi connectivity index (χ3v) is 5.63. The van der Waals surface area contributed by atoms with Crippen LogP contribution in [0, 0.1) is 11.3 Å². The molecule has 7 heteroatoms. The smallest absolute Gasteiger partial charge is 0.178 e. The highest BCUT2D eigenvalue weighted by molar-refractivity contribution is 6.36. The zero-order valence-corrected chi connectivity index (χ0v) is 16.2. The van der Waals surface area contributed by atoms with Crippen molar-refractivity contribution >= 4 is 23.2 Å². The van der Waals surface area contributed by atoms with Crippen LogP contribution in [0.1, 0.15) is 35.2 Å². The standard InChI is InChI=1S/C20H19Cl2N3O2/c1-12(3-2-4-14-6-5-13(9-23)10-24-14)25-8-7-15-16(11-25)18(22)20(27)19(26)17(15)21/h5-6,10,26-27H,1-4,7-8,11H2. The average molecular weight is 404 g/mol. The van der Waals surface area contributed by atoms with Crippen LogP contribution in [-0.2, 0) is 19.4 Å². The molecule has 0 spiro atoms. The van der Waals surface area contributed by atoms with Gasteiger partial charge in [0.05, 0.1) is 15.6 Å². The van der Waals surface area contributed by atoms with E-state index in [4.69, 9.17) is 28.5 Å². The van der Waals surface area contributed by atoms with E-state index in [9.17, 15) is 10.2 Å². The van der Waals surface area contributed by atoms with Gasteiger partial charge in [-0.25, -0.2) is 0 Å². The van der Waals surface area contributed by atoms with E-state index < -0.39 is 0 Å². The third kappa shape index (κ3) is 3.97. The number of hydrogen-bond donors (Lipinski definition) is 2. The Morgan fingerprint density at radius 3 is 2.56 bits per heavy atom. The van der Waals surface area contributed by atoms with E-state index in [1.165, 1.54) is 0 Å². The molecule has 0 radical (unpaired) electrons. The SMILES string of the molecule is C=C(CCCc1ccc(C#N)cn1)N1CCc2c(Cl)c(O)c(O)c(Cl)c2C1. The number of phenols is 2. The molecule has 0 bridgehead atoms. The van der Waals surface area contributed by atoms with Gasteiger partial charge in [-0.2, -0.15) is 5.26 Å². The first-order valence-electron chi connectivity index (χ1n) is 8.60. The molecule has 0 saturated heterocycles. The summed E-state index contributed by atoms with van der Waals surface area (Å²) >= 11 is 12.4. The lowest BCUT2D eigenvalue weighted by atomic mass is 9.97. The van der Waals surface area contributed by atoms with E-state index in [1.807, 2.05) is 6.07 Å². The molecular formula is C20H19Cl2N3O2. The molecule has 27 heavy (non-hydrogen) atoms. The number of nitriles is 1. The van der Waals surface area contributed by atoms with Crippen molar-refractivity contribution in [2.75, 3.05) is 6.54 Å². The van der Waals surface area contributed by atoms with Crippen molar-refractivity contribution in [3.8, 4) is 17.6 Å². The number of phenolic OH excluding ortho intramolecular Hbond substituents is 2. The molecule has 0 aliphatic carbocycles. The lowest BCUT2D eigenvalue weighted by Crippen LogP contribution is -2.30. The minimum Gasteiger partial charge on any atom is -0.503 e. The number of allylic oxidation sites excluding steroid dienone is 1. The quantitative estimate of drug-likeness (QED) is 0.714. The molecule has 2 N–H and O–H groups in total. The maximum Gasteiger partial charge on any atom is 0.178 e. The van der Waals surface area contributed by atoms with Crippen LogP contribution < -0.4 is 0 Å². The van der Waals surface area contributed by atoms with Crippen molar-refractivity contribution in [1.29, 1.82) is 5.26 Å². The first kappa shape index (κ1) is 19.3. The summed E-state index contributed by atoms with van der Waals surface area (Å²) in [4.78, 5) is 6.40. The molecule has 5 nitrogen and oxygen atoms in total. The highest BCUT2D eigenvalue weighted by Gasteiger charge is 2.27. The number of halogens is 2. The van der Waals surface area contributed by atoms with Gasteiger partial charge in [-0.3, -0.25) is 4.98 Å². The van der Waals surface area contributed by atoms with Gasteiger partial charge >= 0.3 is 0 Å². The van der Waals surface area contributed by atoms with Crippen LogP contribution in [0.2, 0.25) is 10.0 Å². The van der Waals surface area contributed by atoms with Crippen molar-refractivity contribution in [2.45, 2.75) is 32.2 Å². The van der Waals surface area contributed by atoms with Gasteiger partial charge in [0, 0.05) is 30.7 Å². The Kier molecular flexibility index (Phi) is 5.79. The molecule has 1 aromatic heterocycles. The highest BCUT2D eigenvalue weighted by atomic mass is 35.5. The van der Waals surface area contributed by atoms with Crippen LogP contribution in [0.5, 0.6) is 11.5 Å². The normalized spacial score (nSPS) is 13.1. The average Bonchev–Trinajstić information content (AvgIpc) is 2.70. The number of fused-ring (bicyclic) bond motifs is 1. The van der Waals surface area contributed by atoms with E-state index in [-0.39, 0.29) is 21.5 Å². The minimum atomic E-state index is -0.375. The minimum absolute atomic E-state index is 0.145. The molecule has 1 aliphatic heterocycles. The summed E-state index contributed by atoms with van der Waals surface area (Å²) in [6, 6.07) is 5.70. The zero-order valence-electron chi connectivity index (χ0n) is 14.7. The van der Waals surface area contributed by atoms with Crippen LogP contribution in [0.4, 0.5) is 0 Å². The molecule has 1 aromatic carbocycles. The summed E-state index contributed by atoms with van der Waals surface area (Å²) in [6.07, 6.45) is 4.69. The van der Waals surface area contributed by atoms with Crippen molar-refractivity contribution in [3.05, 3.63) is 63.0 Å². The van der Waals surface area contributed by atoms with E-state index in [2.05, 4.69) is 22.5 Å². The Hall–Kier alpha value is -2.42. The Balaban J connectivity index is 1.61. The van der Waals surface area contributed by atoms with Gasteiger partial charge < -0.3 is 15.1 Å².